The molecule has 0 bridgehead atoms. The molecule has 1 aliphatic heterocycles. The first-order chi connectivity index (χ1) is 19.6. The number of carbonyl (C=O) groups excluding carboxylic acids is 2. The average molecular weight is 568 g/mol. The lowest BCUT2D eigenvalue weighted by atomic mass is 10.0. The summed E-state index contributed by atoms with van der Waals surface area (Å²) in [5, 5.41) is 8.09. The summed E-state index contributed by atoms with van der Waals surface area (Å²) in [6.07, 6.45) is -1.56. The van der Waals surface area contributed by atoms with Crippen molar-refractivity contribution in [3.63, 3.8) is 0 Å². The summed E-state index contributed by atoms with van der Waals surface area (Å²) >= 11 is 0. The van der Waals surface area contributed by atoms with Crippen molar-refractivity contribution < 1.29 is 22.8 Å². The minimum absolute atomic E-state index is 0.0153. The van der Waals surface area contributed by atoms with Crippen molar-refractivity contribution in [1.82, 2.24) is 29.3 Å². The van der Waals surface area contributed by atoms with Crippen LogP contribution in [0.3, 0.4) is 0 Å². The van der Waals surface area contributed by atoms with Gasteiger partial charge in [-0.2, -0.15) is 13.2 Å². The fraction of sp³-hybridized carbons (Fsp3) is 0.296. The number of nitrogens with zero attached hydrogens (tertiary/aromatic N) is 6. The van der Waals surface area contributed by atoms with Gasteiger partial charge in [0.2, 0.25) is 5.91 Å². The summed E-state index contributed by atoms with van der Waals surface area (Å²) in [6.45, 7) is 3.49. The topological polar surface area (TPSA) is 120 Å². The summed E-state index contributed by atoms with van der Waals surface area (Å²) in [6, 6.07) is 9.92. The molecular weight excluding hydrogens is 539 g/mol. The number of rotatable bonds is 6. The molecule has 0 radical (unpaired) electrons. The Kier molecular flexibility index (Phi) is 7.75. The Morgan fingerprint density at radius 3 is 2.27 bits per heavy atom. The van der Waals surface area contributed by atoms with Gasteiger partial charge in [-0.25, -0.2) is 19.7 Å². The lowest BCUT2D eigenvalue weighted by Gasteiger charge is -2.34. The summed E-state index contributed by atoms with van der Waals surface area (Å²) in [4.78, 5) is 40.5. The molecule has 1 saturated heterocycles. The molecule has 0 saturated carbocycles. The van der Waals surface area contributed by atoms with Crippen LogP contribution in [-0.4, -0.2) is 74.5 Å². The lowest BCUT2D eigenvalue weighted by molar-refractivity contribution is -0.138. The Morgan fingerprint density at radius 1 is 0.927 bits per heavy atom. The largest absolute Gasteiger partial charge is 0.416 e. The number of benzene rings is 2. The van der Waals surface area contributed by atoms with Gasteiger partial charge in [0, 0.05) is 63.8 Å². The van der Waals surface area contributed by atoms with Gasteiger partial charge in [0.15, 0.2) is 17.0 Å². The van der Waals surface area contributed by atoms with Crippen LogP contribution in [0.5, 0.6) is 0 Å². The SMILES string of the molecule is CNc1ncnc2c1ncn2-c1ccc(NC(=O)Nc2ccc(CN3CCN(C(C)=O)CC3)c(C(F)(F)F)c2)cc1. The molecule has 14 heteroatoms. The molecule has 3 N–H and O–H groups in total. The molecule has 1 fully saturated rings. The van der Waals surface area contributed by atoms with E-state index in [1.807, 2.05) is 4.90 Å². The predicted octanol–water partition coefficient (Wildman–Crippen LogP) is 4.18. The number of anilines is 3. The molecule has 41 heavy (non-hydrogen) atoms. The molecule has 5 rings (SSSR count). The molecule has 0 unspecified atom stereocenters. The molecule has 0 aliphatic carbocycles. The van der Waals surface area contributed by atoms with Crippen LogP contribution in [0.2, 0.25) is 0 Å². The zero-order valence-electron chi connectivity index (χ0n) is 22.4. The number of carbonyl (C=O) groups is 2. The standard InChI is InChI=1S/C27H28F3N9O2/c1-17(40)38-11-9-37(10-12-38)14-18-3-4-20(13-22(18)27(28,29)30)36-26(41)35-19-5-7-21(8-6-19)39-16-34-23-24(31-2)32-15-33-25(23)39/h3-8,13,15-16H,9-12,14H2,1-2H3,(H,31,32,33)(H2,35,36,41). The molecule has 3 heterocycles. The lowest BCUT2D eigenvalue weighted by Crippen LogP contribution is -2.47. The maximum atomic E-state index is 13.9. The molecule has 0 atom stereocenters. The Labute approximate surface area is 233 Å². The second kappa shape index (κ2) is 11.4. The number of aromatic nitrogens is 4. The number of alkyl halides is 3. The highest BCUT2D eigenvalue weighted by molar-refractivity contribution is 5.99. The molecule has 4 aromatic rings. The minimum Gasteiger partial charge on any atom is -0.371 e. The number of hydrogen-bond acceptors (Lipinski definition) is 7. The highest BCUT2D eigenvalue weighted by atomic mass is 19.4. The van der Waals surface area contributed by atoms with Crippen molar-refractivity contribution >= 4 is 40.3 Å². The van der Waals surface area contributed by atoms with E-state index < -0.39 is 17.8 Å². The average Bonchev–Trinajstić information content (AvgIpc) is 3.38. The van der Waals surface area contributed by atoms with Crippen molar-refractivity contribution in [3.05, 3.63) is 66.2 Å². The van der Waals surface area contributed by atoms with E-state index >= 15 is 0 Å². The Bertz CT molecular complexity index is 1560. The van der Waals surface area contributed by atoms with Crippen LogP contribution in [0, 0.1) is 0 Å². The van der Waals surface area contributed by atoms with E-state index in [0.29, 0.717) is 48.8 Å². The van der Waals surface area contributed by atoms with E-state index in [-0.39, 0.29) is 23.7 Å². The summed E-state index contributed by atoms with van der Waals surface area (Å²) in [5.41, 5.74) is 1.70. The number of nitrogens with one attached hydrogen (secondary N) is 3. The second-order valence-electron chi connectivity index (χ2n) is 9.54. The van der Waals surface area contributed by atoms with Crippen LogP contribution in [0.4, 0.5) is 35.2 Å². The Balaban J connectivity index is 1.24. The molecule has 11 nitrogen and oxygen atoms in total. The number of fused-ring (bicyclic) bond motifs is 1. The normalized spacial score (nSPS) is 14.2. The number of imidazole rings is 1. The quantitative estimate of drug-likeness (QED) is 0.320. The zero-order valence-corrected chi connectivity index (χ0v) is 22.4. The van der Waals surface area contributed by atoms with Crippen molar-refractivity contribution in [1.29, 1.82) is 0 Å². The minimum atomic E-state index is -4.60. The van der Waals surface area contributed by atoms with Gasteiger partial charge in [-0.3, -0.25) is 14.3 Å². The third-order valence-electron chi connectivity index (χ3n) is 6.86. The molecule has 214 valence electrons. The zero-order chi connectivity index (χ0) is 29.1. The van der Waals surface area contributed by atoms with Gasteiger partial charge in [0.05, 0.1) is 5.56 Å². The van der Waals surface area contributed by atoms with Crippen LogP contribution in [0.25, 0.3) is 16.9 Å². The predicted molar refractivity (Wildman–Crippen MR) is 148 cm³/mol. The fourth-order valence-corrected chi connectivity index (χ4v) is 4.72. The number of piperazine rings is 1. The third-order valence-corrected chi connectivity index (χ3v) is 6.86. The van der Waals surface area contributed by atoms with Crippen molar-refractivity contribution in [2.75, 3.05) is 49.2 Å². The van der Waals surface area contributed by atoms with E-state index in [4.69, 9.17) is 0 Å². The second-order valence-corrected chi connectivity index (χ2v) is 9.54. The maximum absolute atomic E-state index is 13.9. The smallest absolute Gasteiger partial charge is 0.371 e. The number of halogens is 3. The third kappa shape index (κ3) is 6.22. The number of urea groups is 1. The van der Waals surface area contributed by atoms with E-state index in [0.717, 1.165) is 11.8 Å². The van der Waals surface area contributed by atoms with Crippen molar-refractivity contribution in [2.24, 2.45) is 0 Å². The van der Waals surface area contributed by atoms with Gasteiger partial charge < -0.3 is 20.9 Å². The number of hydrogen-bond donors (Lipinski definition) is 3. The van der Waals surface area contributed by atoms with Gasteiger partial charge in [0.1, 0.15) is 12.7 Å². The summed E-state index contributed by atoms with van der Waals surface area (Å²) in [5.74, 6) is 0.549. The first-order valence-electron chi connectivity index (χ1n) is 12.8. The van der Waals surface area contributed by atoms with Gasteiger partial charge in [-0.15, -0.1) is 0 Å². The van der Waals surface area contributed by atoms with Gasteiger partial charge in [0.25, 0.3) is 0 Å². The first-order valence-corrected chi connectivity index (χ1v) is 12.8. The number of amides is 3. The molecule has 1 aliphatic rings. The van der Waals surface area contributed by atoms with Crippen LogP contribution < -0.4 is 16.0 Å². The van der Waals surface area contributed by atoms with Crippen molar-refractivity contribution in [2.45, 2.75) is 19.6 Å². The molecular formula is C27H28F3N9O2. The maximum Gasteiger partial charge on any atom is 0.416 e. The van der Waals surface area contributed by atoms with E-state index in [1.165, 1.54) is 25.4 Å². The summed E-state index contributed by atoms with van der Waals surface area (Å²) < 4.78 is 43.5. The monoisotopic (exact) mass is 567 g/mol. The molecule has 2 aromatic heterocycles. The first kappa shape index (κ1) is 27.8. The van der Waals surface area contributed by atoms with Crippen LogP contribution in [0.1, 0.15) is 18.1 Å². The Morgan fingerprint density at radius 2 is 1.61 bits per heavy atom. The van der Waals surface area contributed by atoms with E-state index in [2.05, 4.69) is 30.9 Å². The van der Waals surface area contributed by atoms with E-state index in [9.17, 15) is 22.8 Å². The van der Waals surface area contributed by atoms with Gasteiger partial charge >= 0.3 is 12.2 Å². The van der Waals surface area contributed by atoms with Gasteiger partial charge in [-0.05, 0) is 42.0 Å². The molecule has 0 spiro atoms. The van der Waals surface area contributed by atoms with Crippen LogP contribution in [0.15, 0.2) is 55.1 Å². The molecule has 2 aromatic carbocycles. The van der Waals surface area contributed by atoms with Crippen LogP contribution in [-0.2, 0) is 17.5 Å². The fourth-order valence-electron chi connectivity index (χ4n) is 4.72. The summed E-state index contributed by atoms with van der Waals surface area (Å²) in [7, 11) is 1.74. The van der Waals surface area contributed by atoms with Gasteiger partial charge in [-0.1, -0.05) is 6.07 Å². The van der Waals surface area contributed by atoms with Crippen molar-refractivity contribution in [3.8, 4) is 5.69 Å². The molecule has 3 amide bonds. The highest BCUT2D eigenvalue weighted by Crippen LogP contribution is 2.34. The highest BCUT2D eigenvalue weighted by Gasteiger charge is 2.34. The Hall–Kier alpha value is -4.72. The van der Waals surface area contributed by atoms with Crippen LogP contribution >= 0.6 is 0 Å². The van der Waals surface area contributed by atoms with E-state index in [1.54, 1.807) is 47.1 Å².